The lowest BCUT2D eigenvalue weighted by atomic mass is 9.98. The molecule has 2 heterocycles. The Balaban J connectivity index is 1.59. The number of anilines is 2. The molecule has 1 atom stereocenters. The van der Waals surface area contributed by atoms with Gasteiger partial charge in [-0.2, -0.15) is 4.31 Å². The van der Waals surface area contributed by atoms with Gasteiger partial charge in [-0.1, -0.05) is 22.9 Å². The van der Waals surface area contributed by atoms with E-state index < -0.39 is 15.9 Å². The van der Waals surface area contributed by atoms with Gasteiger partial charge in [0.15, 0.2) is 0 Å². The van der Waals surface area contributed by atoms with E-state index in [1.807, 2.05) is 6.07 Å². The summed E-state index contributed by atoms with van der Waals surface area (Å²) in [7, 11) is -0.911. The first-order valence-corrected chi connectivity index (χ1v) is 14.1. The Morgan fingerprint density at radius 2 is 1.92 bits per heavy atom. The molecule has 4 rings (SSSR count). The van der Waals surface area contributed by atoms with Crippen molar-refractivity contribution >= 4 is 49.1 Å². The average Bonchev–Trinajstić information content (AvgIpc) is 3.31. The Hall–Kier alpha value is -2.63. The molecule has 36 heavy (non-hydrogen) atoms. The fourth-order valence-electron chi connectivity index (χ4n) is 4.76. The average molecular weight is 581 g/mol. The van der Waals surface area contributed by atoms with Gasteiger partial charge in [0.2, 0.25) is 21.8 Å². The number of halogens is 1. The molecule has 2 aromatic carbocycles. The van der Waals surface area contributed by atoms with Crippen LogP contribution in [0.1, 0.15) is 31.7 Å². The summed E-state index contributed by atoms with van der Waals surface area (Å²) >= 11 is 3.43. The van der Waals surface area contributed by atoms with Crippen LogP contribution in [-0.2, 0) is 26.0 Å². The summed E-state index contributed by atoms with van der Waals surface area (Å²) in [5.41, 5.74) is 1.77. The molecule has 2 aromatic rings. The molecular formula is C25H30BrN3O6S. The molecule has 1 fully saturated rings. The van der Waals surface area contributed by atoms with E-state index in [0.29, 0.717) is 59.7 Å². The van der Waals surface area contributed by atoms with Gasteiger partial charge in [0, 0.05) is 36.6 Å². The molecule has 2 aliphatic rings. The predicted octanol–water partition coefficient (Wildman–Crippen LogP) is 3.80. The molecule has 0 bridgehead atoms. The van der Waals surface area contributed by atoms with Gasteiger partial charge in [-0.15, -0.1) is 0 Å². The van der Waals surface area contributed by atoms with Gasteiger partial charge in [-0.3, -0.25) is 9.59 Å². The molecule has 1 saturated heterocycles. The maximum Gasteiger partial charge on any atom is 0.245 e. The third kappa shape index (κ3) is 5.09. The van der Waals surface area contributed by atoms with Gasteiger partial charge in [-0.05, 0) is 49.1 Å². The summed E-state index contributed by atoms with van der Waals surface area (Å²) < 4.78 is 40.3. The SMILES string of the molecule is CCC(=O)N1CCc2cc(Br)cc(S(=O)(=O)N3CCCC(C(=O)Nc4ccc(OC)cc4OC)C3)c21. The molecule has 1 N–H and O–H groups in total. The van der Waals surface area contributed by atoms with Crippen LogP contribution in [0.4, 0.5) is 11.4 Å². The van der Waals surface area contributed by atoms with Gasteiger partial charge in [0.1, 0.15) is 16.4 Å². The van der Waals surface area contributed by atoms with E-state index >= 15 is 0 Å². The third-order valence-electron chi connectivity index (χ3n) is 6.64. The second kappa shape index (κ2) is 10.8. The maximum atomic E-state index is 13.9. The number of rotatable bonds is 7. The van der Waals surface area contributed by atoms with E-state index in [2.05, 4.69) is 21.2 Å². The third-order valence-corrected chi connectivity index (χ3v) is 8.97. The minimum Gasteiger partial charge on any atom is -0.497 e. The lowest BCUT2D eigenvalue weighted by molar-refractivity contribution is -0.121. The Morgan fingerprint density at radius 3 is 2.61 bits per heavy atom. The van der Waals surface area contributed by atoms with Crippen molar-refractivity contribution in [3.63, 3.8) is 0 Å². The first kappa shape index (κ1) is 26.4. The molecule has 194 valence electrons. The molecule has 1 unspecified atom stereocenters. The minimum atomic E-state index is -3.96. The van der Waals surface area contributed by atoms with E-state index in [-0.39, 0.29) is 29.7 Å². The van der Waals surface area contributed by atoms with Crippen molar-refractivity contribution in [2.75, 3.05) is 44.1 Å². The van der Waals surface area contributed by atoms with Gasteiger partial charge in [0.25, 0.3) is 0 Å². The topological polar surface area (TPSA) is 105 Å². The van der Waals surface area contributed by atoms with Gasteiger partial charge in [-0.25, -0.2) is 8.42 Å². The van der Waals surface area contributed by atoms with Crippen LogP contribution in [0.5, 0.6) is 11.5 Å². The quantitative estimate of drug-likeness (QED) is 0.534. The molecule has 0 aliphatic carbocycles. The minimum absolute atomic E-state index is 0.0512. The van der Waals surface area contributed by atoms with Crippen molar-refractivity contribution in [2.45, 2.75) is 37.5 Å². The standard InChI is InChI=1S/C25H30BrN3O6S/c1-4-23(30)29-11-9-16-12-18(26)13-22(24(16)29)36(32,33)28-10-5-6-17(15-28)25(31)27-20-8-7-19(34-2)14-21(20)35-3/h7-8,12-14,17H,4-6,9-11,15H2,1-3H3,(H,27,31). The summed E-state index contributed by atoms with van der Waals surface area (Å²) in [6, 6.07) is 8.50. The second-order valence-corrected chi connectivity index (χ2v) is 11.6. The van der Waals surface area contributed by atoms with Crippen LogP contribution in [0.2, 0.25) is 0 Å². The number of fused-ring (bicyclic) bond motifs is 1. The van der Waals surface area contributed by atoms with E-state index in [1.165, 1.54) is 11.4 Å². The Bertz CT molecular complexity index is 1280. The first-order valence-electron chi connectivity index (χ1n) is 11.9. The van der Waals surface area contributed by atoms with Crippen LogP contribution in [0, 0.1) is 5.92 Å². The summed E-state index contributed by atoms with van der Waals surface area (Å²) in [5, 5.41) is 2.87. The van der Waals surface area contributed by atoms with Crippen LogP contribution in [0.3, 0.4) is 0 Å². The second-order valence-electron chi connectivity index (χ2n) is 8.82. The molecule has 0 spiro atoms. The van der Waals surface area contributed by atoms with Crippen molar-refractivity contribution in [2.24, 2.45) is 5.92 Å². The van der Waals surface area contributed by atoms with Crippen LogP contribution in [0.15, 0.2) is 39.7 Å². The largest absolute Gasteiger partial charge is 0.497 e. The van der Waals surface area contributed by atoms with Crippen molar-refractivity contribution < 1.29 is 27.5 Å². The number of sulfonamides is 1. The Labute approximate surface area is 219 Å². The number of carbonyl (C=O) groups is 2. The highest BCUT2D eigenvalue weighted by atomic mass is 79.9. The van der Waals surface area contributed by atoms with Crippen LogP contribution >= 0.6 is 15.9 Å². The van der Waals surface area contributed by atoms with Crippen molar-refractivity contribution in [1.29, 1.82) is 0 Å². The summed E-state index contributed by atoms with van der Waals surface area (Å²) in [4.78, 5) is 27.4. The Morgan fingerprint density at radius 1 is 1.14 bits per heavy atom. The first-order chi connectivity index (χ1) is 17.2. The molecular weight excluding hydrogens is 550 g/mol. The number of amides is 2. The number of methoxy groups -OCH3 is 2. The summed E-state index contributed by atoms with van der Waals surface area (Å²) in [6.45, 7) is 2.57. The Kier molecular flexibility index (Phi) is 7.91. The van der Waals surface area contributed by atoms with Gasteiger partial charge < -0.3 is 19.7 Å². The van der Waals surface area contributed by atoms with E-state index in [4.69, 9.17) is 9.47 Å². The fraction of sp³-hybridized carbons (Fsp3) is 0.440. The van der Waals surface area contributed by atoms with E-state index in [0.717, 1.165) is 5.56 Å². The highest BCUT2D eigenvalue weighted by Gasteiger charge is 2.38. The lowest BCUT2D eigenvalue weighted by Crippen LogP contribution is -2.44. The normalized spacial score (nSPS) is 18.0. The number of ether oxygens (including phenoxy) is 2. The molecule has 11 heteroatoms. The van der Waals surface area contributed by atoms with Crippen LogP contribution in [0.25, 0.3) is 0 Å². The zero-order valence-electron chi connectivity index (χ0n) is 20.5. The fourth-order valence-corrected chi connectivity index (χ4v) is 7.20. The van der Waals surface area contributed by atoms with Crippen LogP contribution < -0.4 is 19.7 Å². The summed E-state index contributed by atoms with van der Waals surface area (Å²) in [5.74, 6) is 0.122. The molecule has 0 radical (unpaired) electrons. The number of carbonyl (C=O) groups excluding carboxylic acids is 2. The van der Waals surface area contributed by atoms with Crippen LogP contribution in [-0.4, -0.2) is 58.4 Å². The molecule has 2 amide bonds. The molecule has 0 aromatic heterocycles. The molecule has 0 saturated carbocycles. The van der Waals surface area contributed by atoms with Gasteiger partial charge >= 0.3 is 0 Å². The highest BCUT2D eigenvalue weighted by molar-refractivity contribution is 9.10. The predicted molar refractivity (Wildman–Crippen MR) is 140 cm³/mol. The maximum absolute atomic E-state index is 13.9. The monoisotopic (exact) mass is 579 g/mol. The number of hydrogen-bond acceptors (Lipinski definition) is 6. The highest BCUT2D eigenvalue weighted by Crippen LogP contribution is 2.40. The van der Waals surface area contributed by atoms with E-state index in [1.54, 1.807) is 43.2 Å². The number of hydrogen-bond donors (Lipinski definition) is 1. The molecule has 9 nitrogen and oxygen atoms in total. The zero-order valence-corrected chi connectivity index (χ0v) is 22.9. The smallest absolute Gasteiger partial charge is 0.245 e. The van der Waals surface area contributed by atoms with E-state index in [9.17, 15) is 18.0 Å². The van der Waals surface area contributed by atoms with Crippen molar-refractivity contribution in [1.82, 2.24) is 4.31 Å². The zero-order chi connectivity index (χ0) is 26.0. The number of piperidine rings is 1. The van der Waals surface area contributed by atoms with Crippen molar-refractivity contribution in [3.05, 3.63) is 40.4 Å². The van der Waals surface area contributed by atoms with Crippen molar-refractivity contribution in [3.8, 4) is 11.5 Å². The lowest BCUT2D eigenvalue weighted by Gasteiger charge is -2.32. The number of benzene rings is 2. The van der Waals surface area contributed by atoms with Gasteiger partial charge in [0.05, 0.1) is 31.5 Å². The molecule has 2 aliphatic heterocycles. The number of nitrogens with zero attached hydrogens (tertiary/aromatic N) is 2. The number of nitrogens with one attached hydrogen (secondary N) is 1. The summed E-state index contributed by atoms with van der Waals surface area (Å²) in [6.07, 6.45) is 1.99.